The van der Waals surface area contributed by atoms with Crippen LogP contribution >= 0.6 is 0 Å². The van der Waals surface area contributed by atoms with Gasteiger partial charge in [-0.2, -0.15) is 13.2 Å². The van der Waals surface area contributed by atoms with Crippen molar-refractivity contribution in [2.75, 3.05) is 0 Å². The molecule has 0 amide bonds. The quantitative estimate of drug-likeness (QED) is 0.871. The third kappa shape index (κ3) is 3.53. The number of aromatic nitrogens is 3. The van der Waals surface area contributed by atoms with Crippen LogP contribution in [0, 0.1) is 5.92 Å². The van der Waals surface area contributed by atoms with E-state index in [2.05, 4.69) is 4.98 Å². The van der Waals surface area contributed by atoms with Gasteiger partial charge in [-0.1, -0.05) is 13.8 Å². The van der Waals surface area contributed by atoms with E-state index in [-0.39, 0.29) is 6.54 Å². The maximum absolute atomic E-state index is 12.7. The number of alkyl halides is 3. The van der Waals surface area contributed by atoms with Crippen LogP contribution in [0.15, 0.2) is 35.6 Å². The number of halogens is 3. The van der Waals surface area contributed by atoms with Gasteiger partial charge in [0.25, 0.3) is 5.56 Å². The highest BCUT2D eigenvalue weighted by Gasteiger charge is 2.34. The fourth-order valence-electron chi connectivity index (χ4n) is 2.09. The topological polar surface area (TPSA) is 39.8 Å². The maximum Gasteiger partial charge on any atom is 0.421 e. The second-order valence-electron chi connectivity index (χ2n) is 5.28. The predicted molar refractivity (Wildman–Crippen MR) is 71.9 cm³/mol. The third-order valence-electron chi connectivity index (χ3n) is 3.02. The van der Waals surface area contributed by atoms with Gasteiger partial charge in [0.2, 0.25) is 0 Å². The zero-order valence-corrected chi connectivity index (χ0v) is 11.8. The van der Waals surface area contributed by atoms with Crippen molar-refractivity contribution in [3.05, 3.63) is 52.5 Å². The molecule has 21 heavy (non-hydrogen) atoms. The molecule has 0 aromatic carbocycles. The predicted octanol–water partition coefficient (Wildman–Crippen LogP) is 2.77. The molecule has 2 rings (SSSR count). The van der Waals surface area contributed by atoms with Crippen LogP contribution in [0.1, 0.15) is 25.1 Å². The van der Waals surface area contributed by atoms with E-state index >= 15 is 0 Å². The normalized spacial score (nSPS) is 12.1. The van der Waals surface area contributed by atoms with E-state index in [1.165, 1.54) is 12.3 Å². The minimum absolute atomic E-state index is 0.0650. The summed E-state index contributed by atoms with van der Waals surface area (Å²) < 4.78 is 41.1. The molecule has 2 aromatic heterocycles. The molecule has 0 N–H and O–H groups in total. The van der Waals surface area contributed by atoms with Gasteiger partial charge >= 0.3 is 6.18 Å². The molecule has 114 valence electrons. The SMILES string of the molecule is CC(C)Cn1cncc1Cn1cccc(C(F)(F)F)c1=O. The van der Waals surface area contributed by atoms with Crippen molar-refractivity contribution < 1.29 is 13.2 Å². The standard InChI is InChI=1S/C14H16F3N3O/c1-10(2)7-20-9-18-6-11(20)8-19-5-3-4-12(13(19)21)14(15,16)17/h3-6,9-10H,7-8H2,1-2H3. The van der Waals surface area contributed by atoms with Crippen LogP contribution in [-0.2, 0) is 19.3 Å². The molecule has 0 fully saturated rings. The zero-order valence-electron chi connectivity index (χ0n) is 11.8. The molecule has 0 aliphatic carbocycles. The summed E-state index contributed by atoms with van der Waals surface area (Å²) in [6, 6.07) is 2.03. The Balaban J connectivity index is 2.33. The van der Waals surface area contributed by atoms with Crippen LogP contribution in [0.25, 0.3) is 0 Å². The van der Waals surface area contributed by atoms with Gasteiger partial charge in [-0.15, -0.1) is 0 Å². The van der Waals surface area contributed by atoms with Gasteiger partial charge in [0.1, 0.15) is 5.56 Å². The lowest BCUT2D eigenvalue weighted by Gasteiger charge is -2.13. The Labute approximate surface area is 119 Å². The van der Waals surface area contributed by atoms with Crippen molar-refractivity contribution in [3.8, 4) is 0 Å². The fraction of sp³-hybridized carbons (Fsp3) is 0.429. The smallest absolute Gasteiger partial charge is 0.333 e. The molecule has 0 radical (unpaired) electrons. The molecular weight excluding hydrogens is 283 g/mol. The van der Waals surface area contributed by atoms with Crippen molar-refractivity contribution in [1.82, 2.24) is 14.1 Å². The van der Waals surface area contributed by atoms with E-state index < -0.39 is 17.3 Å². The molecule has 0 spiro atoms. The highest BCUT2D eigenvalue weighted by atomic mass is 19.4. The summed E-state index contributed by atoms with van der Waals surface area (Å²) in [7, 11) is 0. The van der Waals surface area contributed by atoms with Crippen LogP contribution in [0.4, 0.5) is 13.2 Å². The van der Waals surface area contributed by atoms with E-state index in [0.717, 1.165) is 10.6 Å². The van der Waals surface area contributed by atoms with Gasteiger partial charge in [-0.05, 0) is 18.1 Å². The summed E-state index contributed by atoms with van der Waals surface area (Å²) in [4.78, 5) is 15.9. The zero-order chi connectivity index (χ0) is 15.6. The van der Waals surface area contributed by atoms with Crippen LogP contribution < -0.4 is 5.56 Å². The summed E-state index contributed by atoms with van der Waals surface area (Å²) in [6.07, 6.45) is -0.106. The van der Waals surface area contributed by atoms with Crippen LogP contribution in [0.3, 0.4) is 0 Å². The molecule has 0 atom stereocenters. The summed E-state index contributed by atoms with van der Waals surface area (Å²) in [5, 5.41) is 0. The lowest BCUT2D eigenvalue weighted by molar-refractivity contribution is -0.138. The first-order valence-electron chi connectivity index (χ1n) is 6.54. The average molecular weight is 299 g/mol. The molecule has 0 saturated heterocycles. The van der Waals surface area contributed by atoms with E-state index in [9.17, 15) is 18.0 Å². The number of hydrogen-bond acceptors (Lipinski definition) is 2. The molecule has 0 bridgehead atoms. The Morgan fingerprint density at radius 3 is 2.62 bits per heavy atom. The lowest BCUT2D eigenvalue weighted by Crippen LogP contribution is -2.28. The van der Waals surface area contributed by atoms with Gasteiger partial charge in [0, 0.05) is 18.9 Å². The Morgan fingerprint density at radius 2 is 2.00 bits per heavy atom. The number of rotatable bonds is 4. The monoisotopic (exact) mass is 299 g/mol. The Kier molecular flexibility index (Phi) is 4.20. The Bertz CT molecular complexity index is 671. The first-order valence-corrected chi connectivity index (χ1v) is 6.54. The van der Waals surface area contributed by atoms with Gasteiger partial charge in [-0.25, -0.2) is 4.98 Å². The summed E-state index contributed by atoms with van der Waals surface area (Å²) in [6.45, 7) is 4.82. The molecule has 4 nitrogen and oxygen atoms in total. The van der Waals surface area contributed by atoms with Crippen LogP contribution in [-0.4, -0.2) is 14.1 Å². The van der Waals surface area contributed by atoms with Gasteiger partial charge in [0.05, 0.1) is 18.6 Å². The Hall–Kier alpha value is -2.05. The summed E-state index contributed by atoms with van der Waals surface area (Å²) in [5.41, 5.74) is -1.49. The van der Waals surface area contributed by atoms with Crippen molar-refractivity contribution in [3.63, 3.8) is 0 Å². The number of nitrogens with zero attached hydrogens (tertiary/aromatic N) is 3. The third-order valence-corrected chi connectivity index (χ3v) is 3.02. The molecule has 2 heterocycles. The van der Waals surface area contributed by atoms with Gasteiger partial charge < -0.3 is 9.13 Å². The number of imidazole rings is 1. The molecule has 7 heteroatoms. The van der Waals surface area contributed by atoms with Crippen LogP contribution in [0.5, 0.6) is 0 Å². The molecule has 0 aliphatic heterocycles. The van der Waals surface area contributed by atoms with Gasteiger partial charge in [-0.3, -0.25) is 4.79 Å². The van der Waals surface area contributed by atoms with Gasteiger partial charge in [0.15, 0.2) is 0 Å². The number of hydrogen-bond donors (Lipinski definition) is 0. The maximum atomic E-state index is 12.7. The molecule has 0 unspecified atom stereocenters. The van der Waals surface area contributed by atoms with Crippen molar-refractivity contribution in [1.29, 1.82) is 0 Å². The second-order valence-corrected chi connectivity index (χ2v) is 5.28. The number of pyridine rings is 1. The highest BCUT2D eigenvalue weighted by Crippen LogP contribution is 2.26. The average Bonchev–Trinajstić information content (AvgIpc) is 2.77. The van der Waals surface area contributed by atoms with E-state index in [0.29, 0.717) is 18.2 Å². The first kappa shape index (κ1) is 15.3. The minimum Gasteiger partial charge on any atom is -0.333 e. The van der Waals surface area contributed by atoms with Crippen molar-refractivity contribution in [2.24, 2.45) is 5.92 Å². The summed E-state index contributed by atoms with van der Waals surface area (Å²) in [5.74, 6) is 0.371. The fourth-order valence-corrected chi connectivity index (χ4v) is 2.09. The van der Waals surface area contributed by atoms with E-state index in [1.54, 1.807) is 12.5 Å². The van der Waals surface area contributed by atoms with Crippen molar-refractivity contribution >= 4 is 0 Å². The van der Waals surface area contributed by atoms with Crippen LogP contribution in [0.2, 0.25) is 0 Å². The minimum atomic E-state index is -4.64. The first-order chi connectivity index (χ1) is 9.79. The molecule has 2 aromatic rings. The molecular formula is C14H16F3N3O. The largest absolute Gasteiger partial charge is 0.421 e. The van der Waals surface area contributed by atoms with E-state index in [4.69, 9.17) is 0 Å². The second kappa shape index (κ2) is 5.75. The highest BCUT2D eigenvalue weighted by molar-refractivity contribution is 5.15. The summed E-state index contributed by atoms with van der Waals surface area (Å²) >= 11 is 0. The Morgan fingerprint density at radius 1 is 1.29 bits per heavy atom. The van der Waals surface area contributed by atoms with Crippen molar-refractivity contribution in [2.45, 2.75) is 33.1 Å². The van der Waals surface area contributed by atoms with E-state index in [1.807, 2.05) is 18.4 Å². The molecule has 0 aliphatic rings. The lowest BCUT2D eigenvalue weighted by atomic mass is 10.2. The molecule has 0 saturated carbocycles.